The van der Waals surface area contributed by atoms with E-state index < -0.39 is 28.5 Å². The van der Waals surface area contributed by atoms with Crippen molar-refractivity contribution in [3.8, 4) is 17.2 Å². The van der Waals surface area contributed by atoms with Gasteiger partial charge in [0.05, 0.1) is 31.4 Å². The van der Waals surface area contributed by atoms with Crippen molar-refractivity contribution >= 4 is 27.5 Å². The van der Waals surface area contributed by atoms with E-state index in [1.54, 1.807) is 38.1 Å². The second-order valence-electron chi connectivity index (χ2n) is 9.54. The van der Waals surface area contributed by atoms with Crippen LogP contribution in [-0.4, -0.2) is 65.1 Å². The molecule has 2 amide bonds. The maximum atomic E-state index is 14.1. The normalized spacial score (nSPS) is 11.8. The molecular weight excluding hydrogens is 558 g/mol. The summed E-state index contributed by atoms with van der Waals surface area (Å²) in [5, 5.41) is 2.76. The summed E-state index contributed by atoms with van der Waals surface area (Å²) < 4.78 is 45.4. The molecule has 0 aliphatic rings. The monoisotopic (exact) mass is 597 g/mol. The number of carbonyl (C=O) groups excluding carboxylic acids is 2. The summed E-state index contributed by atoms with van der Waals surface area (Å²) in [5.41, 5.74) is 2.07. The third kappa shape index (κ3) is 7.73. The minimum atomic E-state index is -4.29. The number of aryl methyl sites for hydroxylation is 1. The Balaban J connectivity index is 2.08. The van der Waals surface area contributed by atoms with Crippen LogP contribution in [0.5, 0.6) is 17.2 Å². The van der Waals surface area contributed by atoms with Crippen LogP contribution < -0.4 is 23.8 Å². The lowest BCUT2D eigenvalue weighted by Crippen LogP contribution is -2.51. The Labute approximate surface area is 248 Å². The number of anilines is 1. The van der Waals surface area contributed by atoms with Gasteiger partial charge in [-0.2, -0.15) is 0 Å². The zero-order valence-corrected chi connectivity index (χ0v) is 25.7. The highest BCUT2D eigenvalue weighted by molar-refractivity contribution is 7.92. The first-order valence-corrected chi connectivity index (χ1v) is 15.1. The number of likely N-dealkylation sites (N-methyl/N-ethyl adjacent to an activating group) is 1. The van der Waals surface area contributed by atoms with E-state index in [4.69, 9.17) is 14.2 Å². The van der Waals surface area contributed by atoms with Crippen molar-refractivity contribution in [2.24, 2.45) is 0 Å². The molecule has 0 bridgehead atoms. The molecule has 0 aliphatic heterocycles. The molecule has 1 atom stereocenters. The van der Waals surface area contributed by atoms with Crippen molar-refractivity contribution in [2.45, 2.75) is 45.2 Å². The fourth-order valence-electron chi connectivity index (χ4n) is 4.42. The van der Waals surface area contributed by atoms with Gasteiger partial charge in [0.25, 0.3) is 10.0 Å². The number of nitrogens with zero attached hydrogens (tertiary/aromatic N) is 2. The molecule has 3 aromatic rings. The lowest BCUT2D eigenvalue weighted by atomic mass is 10.1. The van der Waals surface area contributed by atoms with E-state index in [9.17, 15) is 18.0 Å². The van der Waals surface area contributed by atoms with Gasteiger partial charge in [-0.05, 0) is 69.7 Å². The molecule has 0 heterocycles. The third-order valence-corrected chi connectivity index (χ3v) is 8.38. The molecule has 0 fully saturated rings. The molecule has 0 radical (unpaired) electrons. The van der Waals surface area contributed by atoms with E-state index in [1.165, 1.54) is 37.3 Å². The maximum absolute atomic E-state index is 14.1. The van der Waals surface area contributed by atoms with Crippen LogP contribution in [-0.2, 0) is 26.2 Å². The molecule has 1 N–H and O–H groups in total. The van der Waals surface area contributed by atoms with Crippen molar-refractivity contribution in [2.75, 3.05) is 38.2 Å². The van der Waals surface area contributed by atoms with Crippen molar-refractivity contribution in [1.29, 1.82) is 0 Å². The fourth-order valence-corrected chi connectivity index (χ4v) is 5.85. The van der Waals surface area contributed by atoms with E-state index in [0.29, 0.717) is 24.7 Å². The zero-order valence-electron chi connectivity index (χ0n) is 24.9. The van der Waals surface area contributed by atoms with Crippen LogP contribution in [0.2, 0.25) is 0 Å². The first kappa shape index (κ1) is 32.3. The summed E-state index contributed by atoms with van der Waals surface area (Å²) in [4.78, 5) is 28.2. The number of nitrogens with one attached hydrogen (secondary N) is 1. The van der Waals surface area contributed by atoms with Gasteiger partial charge in [0, 0.05) is 19.2 Å². The lowest BCUT2D eigenvalue weighted by Gasteiger charge is -2.32. The van der Waals surface area contributed by atoms with Gasteiger partial charge in [0.2, 0.25) is 11.8 Å². The van der Waals surface area contributed by atoms with E-state index in [-0.39, 0.29) is 28.8 Å². The van der Waals surface area contributed by atoms with E-state index in [0.717, 1.165) is 15.4 Å². The van der Waals surface area contributed by atoms with Crippen LogP contribution in [0.1, 0.15) is 31.9 Å². The number of carbonyl (C=O) groups is 2. The molecule has 10 nitrogen and oxygen atoms in total. The molecule has 3 rings (SSSR count). The van der Waals surface area contributed by atoms with Gasteiger partial charge in [-0.15, -0.1) is 0 Å². The Kier molecular flexibility index (Phi) is 11.2. The predicted molar refractivity (Wildman–Crippen MR) is 162 cm³/mol. The topological polar surface area (TPSA) is 114 Å². The first-order chi connectivity index (χ1) is 20.0. The van der Waals surface area contributed by atoms with Crippen molar-refractivity contribution in [1.82, 2.24) is 10.2 Å². The Morgan fingerprint density at radius 3 is 2.21 bits per heavy atom. The predicted octanol–water partition coefficient (Wildman–Crippen LogP) is 4.16. The maximum Gasteiger partial charge on any atom is 0.264 e. The molecule has 0 spiro atoms. The van der Waals surface area contributed by atoms with Gasteiger partial charge >= 0.3 is 0 Å². The lowest BCUT2D eigenvalue weighted by molar-refractivity contribution is -0.139. The Bertz CT molecular complexity index is 1480. The summed E-state index contributed by atoms with van der Waals surface area (Å²) in [6, 6.07) is 17.4. The van der Waals surface area contributed by atoms with Crippen LogP contribution >= 0.6 is 0 Å². The molecular formula is C31H39N3O7S. The minimum Gasteiger partial charge on any atom is -0.494 e. The number of rotatable bonds is 14. The molecule has 226 valence electrons. The van der Waals surface area contributed by atoms with Gasteiger partial charge < -0.3 is 24.4 Å². The number of sulfonamides is 1. The molecule has 3 aromatic carbocycles. The quantitative estimate of drug-likeness (QED) is 0.297. The highest BCUT2D eigenvalue weighted by Gasteiger charge is 2.33. The average molecular weight is 598 g/mol. The molecule has 0 saturated carbocycles. The Morgan fingerprint density at radius 1 is 0.929 bits per heavy atom. The van der Waals surface area contributed by atoms with Crippen molar-refractivity contribution in [3.63, 3.8) is 0 Å². The number of methoxy groups -OCH3 is 2. The fraction of sp³-hybridized carbons (Fsp3) is 0.355. The molecule has 11 heteroatoms. The van der Waals surface area contributed by atoms with E-state index in [1.807, 2.05) is 38.1 Å². The Morgan fingerprint density at radius 2 is 1.62 bits per heavy atom. The summed E-state index contributed by atoms with van der Waals surface area (Å²) in [6.07, 6.45) is 0. The first-order valence-electron chi connectivity index (χ1n) is 13.7. The standard InChI is InChI=1S/C31H39N3O7S/c1-7-32-31(36)23(4)33(20-24-11-9-10-22(3)18-24)30(35)21-34(25-12-14-26(15-13-25)41-8-2)42(37,38)27-16-17-28(39-5)29(19-27)40-6/h9-19,23H,7-8,20-21H2,1-6H3,(H,32,36). The largest absolute Gasteiger partial charge is 0.494 e. The summed E-state index contributed by atoms with van der Waals surface area (Å²) >= 11 is 0. The molecule has 42 heavy (non-hydrogen) atoms. The summed E-state index contributed by atoms with van der Waals surface area (Å²) in [6.45, 7) is 7.60. The van der Waals surface area contributed by atoms with Gasteiger partial charge in [-0.1, -0.05) is 29.8 Å². The molecule has 0 aromatic heterocycles. The van der Waals surface area contributed by atoms with Crippen LogP contribution in [0.4, 0.5) is 5.69 Å². The second-order valence-corrected chi connectivity index (χ2v) is 11.4. The number of hydrogen-bond donors (Lipinski definition) is 1. The second kappa shape index (κ2) is 14.6. The number of benzene rings is 3. The van der Waals surface area contributed by atoms with Gasteiger partial charge in [0.1, 0.15) is 18.3 Å². The van der Waals surface area contributed by atoms with Crippen molar-refractivity contribution < 1.29 is 32.2 Å². The summed E-state index contributed by atoms with van der Waals surface area (Å²) in [5.74, 6) is 0.256. The van der Waals surface area contributed by atoms with Crippen LogP contribution in [0.15, 0.2) is 71.6 Å². The Hall–Kier alpha value is -4.25. The van der Waals surface area contributed by atoms with Gasteiger partial charge in [-0.3, -0.25) is 13.9 Å². The van der Waals surface area contributed by atoms with Crippen molar-refractivity contribution in [3.05, 3.63) is 77.9 Å². The van der Waals surface area contributed by atoms with Gasteiger partial charge in [0.15, 0.2) is 11.5 Å². The highest BCUT2D eigenvalue weighted by atomic mass is 32.2. The average Bonchev–Trinajstić information content (AvgIpc) is 2.98. The molecule has 0 saturated heterocycles. The molecule has 1 unspecified atom stereocenters. The number of amides is 2. The SMILES string of the molecule is CCNC(=O)C(C)N(Cc1cccc(C)c1)C(=O)CN(c1ccc(OCC)cc1)S(=O)(=O)c1ccc(OC)c(OC)c1. The highest BCUT2D eigenvalue weighted by Crippen LogP contribution is 2.33. The van der Waals surface area contributed by atoms with Crippen LogP contribution in [0.3, 0.4) is 0 Å². The van der Waals surface area contributed by atoms with E-state index in [2.05, 4.69) is 5.32 Å². The zero-order chi connectivity index (χ0) is 30.9. The summed E-state index contributed by atoms with van der Waals surface area (Å²) in [7, 11) is -1.43. The van der Waals surface area contributed by atoms with Gasteiger partial charge in [-0.25, -0.2) is 8.42 Å². The van der Waals surface area contributed by atoms with Crippen LogP contribution in [0, 0.1) is 6.92 Å². The van der Waals surface area contributed by atoms with Crippen LogP contribution in [0.25, 0.3) is 0 Å². The minimum absolute atomic E-state index is 0.0937. The molecule has 0 aliphatic carbocycles. The number of hydrogen-bond acceptors (Lipinski definition) is 7. The smallest absolute Gasteiger partial charge is 0.264 e. The third-order valence-electron chi connectivity index (χ3n) is 6.61. The number of ether oxygens (including phenoxy) is 3. The van der Waals surface area contributed by atoms with E-state index >= 15 is 0 Å².